The number of guanidine groups is 1. The number of ether oxygens (including phenoxy) is 1. The summed E-state index contributed by atoms with van der Waals surface area (Å²) in [6.45, 7) is 5.36. The van der Waals surface area contributed by atoms with Gasteiger partial charge in [0.05, 0.1) is 6.54 Å². The summed E-state index contributed by atoms with van der Waals surface area (Å²) < 4.78 is 5.68. The molecule has 1 aliphatic heterocycles. The quantitative estimate of drug-likeness (QED) is 0.277. The fourth-order valence-corrected chi connectivity index (χ4v) is 3.15. The summed E-state index contributed by atoms with van der Waals surface area (Å²) in [7, 11) is 1.80. The number of benzene rings is 2. The Hall–Kier alpha value is -1.80. The number of fused-ring (bicyclic) bond motifs is 1. The molecule has 0 aliphatic carbocycles. The van der Waals surface area contributed by atoms with E-state index >= 15 is 0 Å². The Kier molecular flexibility index (Phi) is 9.41. The Morgan fingerprint density at radius 2 is 1.70 bits per heavy atom. The van der Waals surface area contributed by atoms with Gasteiger partial charge in [-0.05, 0) is 29.7 Å². The number of hydrogen-bond acceptors (Lipinski definition) is 3. The third kappa shape index (κ3) is 7.03. The van der Waals surface area contributed by atoms with E-state index in [2.05, 4.69) is 44.8 Å². The van der Waals surface area contributed by atoms with Gasteiger partial charge >= 0.3 is 0 Å². The molecule has 2 aromatic carbocycles. The standard InChI is InChI=1S/C21H28N4O.HI/c1-22-21(24-13-16-26-20-9-3-2-4-10-20)23-12-15-25-14-11-18-7-5-6-8-19(18)17-25;/h2-10H,11-17H2,1H3,(H2,22,23,24);1H. The first kappa shape index (κ1) is 21.5. The predicted octanol–water partition coefficient (Wildman–Crippen LogP) is 2.91. The molecule has 0 aromatic heterocycles. The molecular weight excluding hydrogens is 451 g/mol. The minimum atomic E-state index is 0. The van der Waals surface area contributed by atoms with Gasteiger partial charge in [0.1, 0.15) is 12.4 Å². The summed E-state index contributed by atoms with van der Waals surface area (Å²) in [5, 5.41) is 6.67. The van der Waals surface area contributed by atoms with Gasteiger partial charge in [0.2, 0.25) is 0 Å². The van der Waals surface area contributed by atoms with Gasteiger partial charge in [-0.15, -0.1) is 24.0 Å². The summed E-state index contributed by atoms with van der Waals surface area (Å²) in [5.74, 6) is 1.71. The van der Waals surface area contributed by atoms with Crippen molar-refractivity contribution in [1.82, 2.24) is 15.5 Å². The maximum absolute atomic E-state index is 5.68. The normalized spacial score (nSPS) is 14.0. The molecule has 27 heavy (non-hydrogen) atoms. The molecule has 3 rings (SSSR count). The van der Waals surface area contributed by atoms with Crippen LogP contribution >= 0.6 is 24.0 Å². The third-order valence-corrected chi connectivity index (χ3v) is 4.56. The lowest BCUT2D eigenvalue weighted by Gasteiger charge is -2.28. The second-order valence-electron chi connectivity index (χ2n) is 6.38. The average molecular weight is 480 g/mol. The summed E-state index contributed by atoms with van der Waals surface area (Å²) in [4.78, 5) is 6.76. The number of nitrogens with one attached hydrogen (secondary N) is 2. The van der Waals surface area contributed by atoms with Gasteiger partial charge < -0.3 is 15.4 Å². The molecule has 2 N–H and O–H groups in total. The van der Waals surface area contributed by atoms with Crippen molar-refractivity contribution in [2.45, 2.75) is 13.0 Å². The first-order chi connectivity index (χ1) is 12.8. The van der Waals surface area contributed by atoms with E-state index in [0.717, 1.165) is 44.3 Å². The Morgan fingerprint density at radius 3 is 2.48 bits per heavy atom. The van der Waals surface area contributed by atoms with Crippen LogP contribution in [0, 0.1) is 0 Å². The fourth-order valence-electron chi connectivity index (χ4n) is 3.15. The van der Waals surface area contributed by atoms with Crippen LogP contribution in [0.3, 0.4) is 0 Å². The molecular formula is C21H29IN4O. The van der Waals surface area contributed by atoms with E-state index < -0.39 is 0 Å². The summed E-state index contributed by atoms with van der Waals surface area (Å²) in [6.07, 6.45) is 1.14. The SMILES string of the molecule is CN=C(NCCOc1ccccc1)NCCN1CCc2ccccc2C1.I. The lowest BCUT2D eigenvalue weighted by molar-refractivity contribution is 0.258. The van der Waals surface area contributed by atoms with Crippen LogP contribution in [0.25, 0.3) is 0 Å². The van der Waals surface area contributed by atoms with Crippen LogP contribution in [-0.4, -0.2) is 50.7 Å². The summed E-state index contributed by atoms with van der Waals surface area (Å²) >= 11 is 0. The average Bonchev–Trinajstić information content (AvgIpc) is 2.70. The van der Waals surface area contributed by atoms with Crippen LogP contribution in [0.4, 0.5) is 0 Å². The molecule has 1 aliphatic rings. The minimum absolute atomic E-state index is 0. The largest absolute Gasteiger partial charge is 0.492 e. The Labute approximate surface area is 179 Å². The molecule has 0 atom stereocenters. The second-order valence-corrected chi connectivity index (χ2v) is 6.38. The maximum atomic E-state index is 5.68. The number of rotatable bonds is 7. The van der Waals surface area contributed by atoms with E-state index in [4.69, 9.17) is 4.74 Å². The molecule has 6 heteroatoms. The number of halogens is 1. The van der Waals surface area contributed by atoms with E-state index in [1.165, 1.54) is 11.1 Å². The molecule has 1 heterocycles. The van der Waals surface area contributed by atoms with Crippen LogP contribution in [-0.2, 0) is 13.0 Å². The smallest absolute Gasteiger partial charge is 0.191 e. The van der Waals surface area contributed by atoms with Gasteiger partial charge in [-0.25, -0.2) is 0 Å². The highest BCUT2D eigenvalue weighted by molar-refractivity contribution is 14.0. The van der Waals surface area contributed by atoms with Gasteiger partial charge in [0.25, 0.3) is 0 Å². The van der Waals surface area contributed by atoms with Gasteiger partial charge in [-0.2, -0.15) is 0 Å². The van der Waals surface area contributed by atoms with Crippen molar-refractivity contribution in [2.24, 2.45) is 4.99 Å². The Balaban J connectivity index is 0.00000261. The van der Waals surface area contributed by atoms with Crippen molar-refractivity contribution in [3.05, 3.63) is 65.7 Å². The maximum Gasteiger partial charge on any atom is 0.191 e. The van der Waals surface area contributed by atoms with E-state index in [9.17, 15) is 0 Å². The number of aliphatic imine (C=N–C) groups is 1. The van der Waals surface area contributed by atoms with Crippen molar-refractivity contribution >= 4 is 29.9 Å². The lowest BCUT2D eigenvalue weighted by atomic mass is 10.00. The lowest BCUT2D eigenvalue weighted by Crippen LogP contribution is -2.43. The second kappa shape index (κ2) is 11.8. The summed E-state index contributed by atoms with van der Waals surface area (Å²) in [6, 6.07) is 18.6. The van der Waals surface area contributed by atoms with Gasteiger partial charge in [0, 0.05) is 33.2 Å². The highest BCUT2D eigenvalue weighted by atomic mass is 127. The minimum Gasteiger partial charge on any atom is -0.492 e. The zero-order chi connectivity index (χ0) is 18.0. The van der Waals surface area contributed by atoms with Crippen molar-refractivity contribution in [1.29, 1.82) is 0 Å². The highest BCUT2D eigenvalue weighted by Crippen LogP contribution is 2.17. The van der Waals surface area contributed by atoms with E-state index in [1.807, 2.05) is 30.3 Å². The molecule has 0 bridgehead atoms. The van der Waals surface area contributed by atoms with Crippen LogP contribution < -0.4 is 15.4 Å². The van der Waals surface area contributed by atoms with Crippen molar-refractivity contribution in [3.63, 3.8) is 0 Å². The number of para-hydroxylation sites is 1. The van der Waals surface area contributed by atoms with Crippen LogP contribution in [0.2, 0.25) is 0 Å². The Morgan fingerprint density at radius 1 is 1.00 bits per heavy atom. The molecule has 0 saturated heterocycles. The molecule has 0 unspecified atom stereocenters. The van der Waals surface area contributed by atoms with E-state index in [-0.39, 0.29) is 24.0 Å². The topological polar surface area (TPSA) is 48.9 Å². The van der Waals surface area contributed by atoms with Crippen LogP contribution in [0.15, 0.2) is 59.6 Å². The zero-order valence-corrected chi connectivity index (χ0v) is 18.2. The molecule has 2 aromatic rings. The molecule has 0 saturated carbocycles. The van der Waals surface area contributed by atoms with Crippen LogP contribution in [0.1, 0.15) is 11.1 Å². The first-order valence-corrected chi connectivity index (χ1v) is 9.26. The molecule has 5 nitrogen and oxygen atoms in total. The van der Waals surface area contributed by atoms with E-state index in [1.54, 1.807) is 7.05 Å². The fraction of sp³-hybridized carbons (Fsp3) is 0.381. The molecule has 0 spiro atoms. The predicted molar refractivity (Wildman–Crippen MR) is 122 cm³/mol. The third-order valence-electron chi connectivity index (χ3n) is 4.56. The van der Waals surface area contributed by atoms with Crippen molar-refractivity contribution in [3.8, 4) is 5.75 Å². The van der Waals surface area contributed by atoms with Gasteiger partial charge in [-0.1, -0.05) is 42.5 Å². The summed E-state index contributed by atoms with van der Waals surface area (Å²) in [5.41, 5.74) is 2.95. The highest BCUT2D eigenvalue weighted by Gasteiger charge is 2.14. The molecule has 146 valence electrons. The van der Waals surface area contributed by atoms with Crippen LogP contribution in [0.5, 0.6) is 5.75 Å². The zero-order valence-electron chi connectivity index (χ0n) is 15.9. The molecule has 0 radical (unpaired) electrons. The number of nitrogens with zero attached hydrogens (tertiary/aromatic N) is 2. The van der Waals surface area contributed by atoms with E-state index in [0.29, 0.717) is 13.2 Å². The van der Waals surface area contributed by atoms with Crippen molar-refractivity contribution in [2.75, 3.05) is 39.8 Å². The van der Waals surface area contributed by atoms with Gasteiger partial charge in [0.15, 0.2) is 5.96 Å². The Bertz CT molecular complexity index is 708. The monoisotopic (exact) mass is 480 g/mol. The van der Waals surface area contributed by atoms with Crippen molar-refractivity contribution < 1.29 is 4.74 Å². The van der Waals surface area contributed by atoms with Gasteiger partial charge in [-0.3, -0.25) is 9.89 Å². The molecule has 0 amide bonds. The number of hydrogen-bond donors (Lipinski definition) is 2. The first-order valence-electron chi connectivity index (χ1n) is 9.26. The molecule has 0 fully saturated rings.